The summed E-state index contributed by atoms with van der Waals surface area (Å²) >= 11 is 1.61. The van der Waals surface area contributed by atoms with Crippen LogP contribution < -0.4 is 0 Å². The van der Waals surface area contributed by atoms with Gasteiger partial charge in [0.05, 0.1) is 6.61 Å². The standard InChI is InChI=1S/C21H23N3O3S/c25-20(14-26-13-16-5-2-1-3-6-16)24-9-4-7-17(12-24)11-19-22-21(23-27-19)18-8-10-28-15-18/h1-3,5-6,8,10,15,17H,4,7,9,11-14H2. The molecule has 3 heterocycles. The predicted octanol–water partition coefficient (Wildman–Crippen LogP) is 3.80. The highest BCUT2D eigenvalue weighted by Gasteiger charge is 2.25. The summed E-state index contributed by atoms with van der Waals surface area (Å²) in [5.74, 6) is 1.66. The van der Waals surface area contributed by atoms with E-state index in [1.165, 1.54) is 0 Å². The van der Waals surface area contributed by atoms with E-state index in [1.54, 1.807) is 11.3 Å². The fourth-order valence-electron chi connectivity index (χ4n) is 3.47. The Hall–Kier alpha value is -2.51. The van der Waals surface area contributed by atoms with Gasteiger partial charge in [0, 0.05) is 30.5 Å². The highest BCUT2D eigenvalue weighted by molar-refractivity contribution is 7.08. The first-order valence-electron chi connectivity index (χ1n) is 9.52. The number of amides is 1. The molecule has 146 valence electrons. The third kappa shape index (κ3) is 4.85. The Kier molecular flexibility index (Phi) is 6.14. The Morgan fingerprint density at radius 1 is 1.29 bits per heavy atom. The van der Waals surface area contributed by atoms with Crippen LogP contribution in [-0.2, 0) is 22.6 Å². The van der Waals surface area contributed by atoms with E-state index in [-0.39, 0.29) is 12.5 Å². The molecule has 2 aromatic heterocycles. The van der Waals surface area contributed by atoms with Crippen LogP contribution in [0.25, 0.3) is 11.4 Å². The van der Waals surface area contributed by atoms with Crippen molar-refractivity contribution in [2.45, 2.75) is 25.9 Å². The molecule has 1 amide bonds. The zero-order chi connectivity index (χ0) is 19.2. The predicted molar refractivity (Wildman–Crippen MR) is 107 cm³/mol. The molecule has 3 aromatic rings. The van der Waals surface area contributed by atoms with E-state index in [0.29, 0.717) is 37.2 Å². The van der Waals surface area contributed by atoms with Gasteiger partial charge in [-0.3, -0.25) is 4.79 Å². The first kappa shape index (κ1) is 18.8. The molecule has 1 aromatic carbocycles. The molecule has 28 heavy (non-hydrogen) atoms. The topological polar surface area (TPSA) is 68.5 Å². The minimum absolute atomic E-state index is 0.0464. The molecule has 1 saturated heterocycles. The number of hydrogen-bond donors (Lipinski definition) is 0. The van der Waals surface area contributed by atoms with Gasteiger partial charge in [-0.15, -0.1) is 0 Å². The molecule has 0 spiro atoms. The first-order chi connectivity index (χ1) is 13.8. The summed E-state index contributed by atoms with van der Waals surface area (Å²) in [6.07, 6.45) is 2.75. The second-order valence-electron chi connectivity index (χ2n) is 7.05. The van der Waals surface area contributed by atoms with Crippen molar-refractivity contribution < 1.29 is 14.1 Å². The molecule has 7 heteroatoms. The molecule has 1 atom stereocenters. The monoisotopic (exact) mass is 397 g/mol. The average Bonchev–Trinajstić information content (AvgIpc) is 3.41. The summed E-state index contributed by atoms with van der Waals surface area (Å²) in [5.41, 5.74) is 2.06. The summed E-state index contributed by atoms with van der Waals surface area (Å²) in [4.78, 5) is 18.9. The summed E-state index contributed by atoms with van der Waals surface area (Å²) in [6.45, 7) is 2.07. The molecule has 6 nitrogen and oxygen atoms in total. The summed E-state index contributed by atoms with van der Waals surface area (Å²) in [7, 11) is 0. The molecule has 1 aliphatic rings. The van der Waals surface area contributed by atoms with Gasteiger partial charge in [0.1, 0.15) is 6.61 Å². The Balaban J connectivity index is 1.26. The number of likely N-dealkylation sites (tertiary alicyclic amines) is 1. The minimum atomic E-state index is 0.0464. The van der Waals surface area contributed by atoms with Gasteiger partial charge in [0.15, 0.2) is 0 Å². The normalized spacial score (nSPS) is 17.0. The van der Waals surface area contributed by atoms with Crippen LogP contribution in [0.2, 0.25) is 0 Å². The van der Waals surface area contributed by atoms with E-state index in [1.807, 2.05) is 52.1 Å². The fourth-order valence-corrected chi connectivity index (χ4v) is 4.11. The van der Waals surface area contributed by atoms with Crippen molar-refractivity contribution in [1.82, 2.24) is 15.0 Å². The zero-order valence-corrected chi connectivity index (χ0v) is 16.4. The van der Waals surface area contributed by atoms with Gasteiger partial charge < -0.3 is 14.2 Å². The van der Waals surface area contributed by atoms with Crippen molar-refractivity contribution in [3.05, 3.63) is 58.6 Å². The third-order valence-electron chi connectivity index (χ3n) is 4.92. The molecule has 1 fully saturated rings. The van der Waals surface area contributed by atoms with Crippen molar-refractivity contribution in [3.63, 3.8) is 0 Å². The number of rotatable bonds is 7. The molecule has 4 rings (SSSR count). The molecule has 0 radical (unpaired) electrons. The lowest BCUT2D eigenvalue weighted by atomic mass is 9.95. The van der Waals surface area contributed by atoms with E-state index in [4.69, 9.17) is 9.26 Å². The van der Waals surface area contributed by atoms with Crippen LogP contribution in [0, 0.1) is 5.92 Å². The maximum absolute atomic E-state index is 12.5. The van der Waals surface area contributed by atoms with Gasteiger partial charge in [-0.1, -0.05) is 35.5 Å². The number of hydrogen-bond acceptors (Lipinski definition) is 6. The van der Waals surface area contributed by atoms with Crippen molar-refractivity contribution in [2.75, 3.05) is 19.7 Å². The SMILES string of the molecule is O=C(COCc1ccccc1)N1CCCC(Cc2nc(-c3ccsc3)no2)C1. The fraction of sp³-hybridized carbons (Fsp3) is 0.381. The Morgan fingerprint density at radius 3 is 3.00 bits per heavy atom. The number of carbonyl (C=O) groups is 1. The number of ether oxygens (including phenoxy) is 1. The van der Waals surface area contributed by atoms with E-state index >= 15 is 0 Å². The highest BCUT2D eigenvalue weighted by Crippen LogP contribution is 2.23. The summed E-state index contributed by atoms with van der Waals surface area (Å²) < 4.78 is 11.0. The van der Waals surface area contributed by atoms with Crippen LogP contribution >= 0.6 is 11.3 Å². The first-order valence-corrected chi connectivity index (χ1v) is 10.5. The number of nitrogens with zero attached hydrogens (tertiary/aromatic N) is 3. The molecule has 0 bridgehead atoms. The lowest BCUT2D eigenvalue weighted by Crippen LogP contribution is -2.42. The second-order valence-corrected chi connectivity index (χ2v) is 7.83. The molecule has 0 aliphatic carbocycles. The van der Waals surface area contributed by atoms with Gasteiger partial charge in [-0.25, -0.2) is 0 Å². The average molecular weight is 398 g/mol. The van der Waals surface area contributed by atoms with Crippen LogP contribution in [0.3, 0.4) is 0 Å². The van der Waals surface area contributed by atoms with Crippen molar-refractivity contribution >= 4 is 17.2 Å². The molecular weight excluding hydrogens is 374 g/mol. The van der Waals surface area contributed by atoms with E-state index in [9.17, 15) is 4.79 Å². The van der Waals surface area contributed by atoms with Crippen LogP contribution in [0.5, 0.6) is 0 Å². The third-order valence-corrected chi connectivity index (χ3v) is 5.60. The molecule has 0 saturated carbocycles. The summed E-state index contributed by atoms with van der Waals surface area (Å²) in [6, 6.07) is 11.9. The highest BCUT2D eigenvalue weighted by atomic mass is 32.1. The quantitative estimate of drug-likeness (QED) is 0.607. The number of benzene rings is 1. The number of piperidine rings is 1. The van der Waals surface area contributed by atoms with Gasteiger partial charge in [0.25, 0.3) is 0 Å². The van der Waals surface area contributed by atoms with Gasteiger partial charge in [-0.05, 0) is 35.8 Å². The molecule has 0 N–H and O–H groups in total. The van der Waals surface area contributed by atoms with Gasteiger partial charge >= 0.3 is 0 Å². The maximum atomic E-state index is 12.5. The lowest BCUT2D eigenvalue weighted by Gasteiger charge is -2.32. The molecule has 1 aliphatic heterocycles. The molecular formula is C21H23N3O3S. The van der Waals surface area contributed by atoms with Crippen molar-refractivity contribution in [1.29, 1.82) is 0 Å². The minimum Gasteiger partial charge on any atom is -0.367 e. The largest absolute Gasteiger partial charge is 0.367 e. The number of carbonyl (C=O) groups excluding carboxylic acids is 1. The van der Waals surface area contributed by atoms with Gasteiger partial charge in [-0.2, -0.15) is 16.3 Å². The Morgan fingerprint density at radius 2 is 2.18 bits per heavy atom. The molecule has 1 unspecified atom stereocenters. The van der Waals surface area contributed by atoms with Crippen LogP contribution in [-0.4, -0.2) is 40.6 Å². The van der Waals surface area contributed by atoms with Crippen molar-refractivity contribution in [2.24, 2.45) is 5.92 Å². The number of aromatic nitrogens is 2. The van der Waals surface area contributed by atoms with E-state index < -0.39 is 0 Å². The second kappa shape index (κ2) is 9.12. The van der Waals surface area contributed by atoms with Gasteiger partial charge in [0.2, 0.25) is 17.6 Å². The maximum Gasteiger partial charge on any atom is 0.248 e. The lowest BCUT2D eigenvalue weighted by molar-refractivity contribution is -0.138. The summed E-state index contributed by atoms with van der Waals surface area (Å²) in [5, 5.41) is 8.07. The van der Waals surface area contributed by atoms with Crippen LogP contribution in [0.15, 0.2) is 51.7 Å². The van der Waals surface area contributed by atoms with Crippen LogP contribution in [0.4, 0.5) is 0 Å². The smallest absolute Gasteiger partial charge is 0.248 e. The Bertz CT molecular complexity index is 879. The number of thiophene rings is 1. The zero-order valence-electron chi connectivity index (χ0n) is 15.6. The van der Waals surface area contributed by atoms with E-state index in [0.717, 1.165) is 30.5 Å². The van der Waals surface area contributed by atoms with Crippen molar-refractivity contribution in [3.8, 4) is 11.4 Å². The Labute approximate surface area is 168 Å². The van der Waals surface area contributed by atoms with E-state index in [2.05, 4.69) is 10.1 Å². The van der Waals surface area contributed by atoms with Crippen LogP contribution in [0.1, 0.15) is 24.3 Å².